The van der Waals surface area contributed by atoms with Crippen molar-refractivity contribution < 1.29 is 9.18 Å². The molecule has 110 valence electrons. The van der Waals surface area contributed by atoms with E-state index in [0.29, 0.717) is 18.2 Å². The second kappa shape index (κ2) is 6.35. The van der Waals surface area contributed by atoms with Gasteiger partial charge in [0.1, 0.15) is 5.82 Å². The summed E-state index contributed by atoms with van der Waals surface area (Å²) in [7, 11) is 0. The van der Waals surface area contributed by atoms with Gasteiger partial charge in [0.05, 0.1) is 0 Å². The predicted molar refractivity (Wildman–Crippen MR) is 78.3 cm³/mol. The first-order chi connectivity index (χ1) is 9.56. The van der Waals surface area contributed by atoms with Crippen LogP contribution in [0.4, 0.5) is 4.39 Å². The molecule has 1 aliphatic rings. The van der Waals surface area contributed by atoms with E-state index < -0.39 is 0 Å². The number of nitrogens with one attached hydrogen (secondary N) is 1. The van der Waals surface area contributed by atoms with Crippen molar-refractivity contribution in [1.29, 1.82) is 0 Å². The summed E-state index contributed by atoms with van der Waals surface area (Å²) in [5, 5.41) is 3.46. The Morgan fingerprint density at radius 2 is 2.15 bits per heavy atom. The molecule has 1 saturated heterocycles. The smallest absolute Gasteiger partial charge is 0.254 e. The van der Waals surface area contributed by atoms with Gasteiger partial charge in [-0.15, -0.1) is 0 Å². The molecule has 4 heteroatoms. The number of carbonyl (C=O) groups is 1. The number of hydrogen-bond acceptors (Lipinski definition) is 2. The van der Waals surface area contributed by atoms with E-state index in [2.05, 4.69) is 19.2 Å². The summed E-state index contributed by atoms with van der Waals surface area (Å²) in [6, 6.07) is 4.94. The van der Waals surface area contributed by atoms with Crippen molar-refractivity contribution in [2.75, 3.05) is 13.1 Å². The quantitative estimate of drug-likeness (QED) is 0.922. The van der Waals surface area contributed by atoms with Gasteiger partial charge in [-0.3, -0.25) is 4.79 Å². The molecule has 1 aromatic rings. The van der Waals surface area contributed by atoms with Gasteiger partial charge < -0.3 is 10.2 Å². The van der Waals surface area contributed by atoms with Gasteiger partial charge in [-0.2, -0.15) is 0 Å². The molecule has 3 nitrogen and oxygen atoms in total. The molecule has 20 heavy (non-hydrogen) atoms. The van der Waals surface area contributed by atoms with E-state index in [0.717, 1.165) is 24.9 Å². The molecule has 0 aromatic heterocycles. The molecule has 1 aliphatic heterocycles. The van der Waals surface area contributed by atoms with Crippen LogP contribution in [-0.4, -0.2) is 36.0 Å². The fraction of sp³-hybridized carbons (Fsp3) is 0.562. The summed E-state index contributed by atoms with van der Waals surface area (Å²) in [5.74, 6) is -0.400. The van der Waals surface area contributed by atoms with Gasteiger partial charge in [0.2, 0.25) is 0 Å². The standard InChI is InChI=1S/C16H23FN2O/c1-4-13-10-19(14(5-2)9-18-13)16(20)15-8-12(17)7-6-11(15)3/h6-8,13-14,18H,4-5,9-10H2,1-3H3. The van der Waals surface area contributed by atoms with Crippen molar-refractivity contribution in [3.8, 4) is 0 Å². The number of hydrogen-bond donors (Lipinski definition) is 1. The Balaban J connectivity index is 2.26. The first-order valence-electron chi connectivity index (χ1n) is 7.37. The molecule has 0 spiro atoms. The summed E-state index contributed by atoms with van der Waals surface area (Å²) in [4.78, 5) is 14.6. The van der Waals surface area contributed by atoms with E-state index >= 15 is 0 Å². The number of nitrogens with zero attached hydrogens (tertiary/aromatic N) is 1. The SMILES string of the molecule is CCC1CN(C(=O)c2cc(F)ccc2C)C(CC)CN1. The molecule has 0 bridgehead atoms. The summed E-state index contributed by atoms with van der Waals surface area (Å²) < 4.78 is 13.4. The van der Waals surface area contributed by atoms with Gasteiger partial charge in [0.15, 0.2) is 0 Å². The molecule has 0 saturated carbocycles. The van der Waals surface area contributed by atoms with Crippen LogP contribution >= 0.6 is 0 Å². The van der Waals surface area contributed by atoms with Crippen LogP contribution in [0.15, 0.2) is 18.2 Å². The third-order valence-electron chi connectivity index (χ3n) is 4.15. The fourth-order valence-corrected chi connectivity index (χ4v) is 2.73. The average Bonchev–Trinajstić information content (AvgIpc) is 2.48. The Hall–Kier alpha value is -1.42. The third kappa shape index (κ3) is 3.01. The molecule has 0 radical (unpaired) electrons. The van der Waals surface area contributed by atoms with Crippen molar-refractivity contribution in [2.45, 2.75) is 45.7 Å². The summed E-state index contributed by atoms with van der Waals surface area (Å²) in [5.41, 5.74) is 1.32. The second-order valence-electron chi connectivity index (χ2n) is 5.49. The van der Waals surface area contributed by atoms with E-state index in [-0.39, 0.29) is 17.8 Å². The van der Waals surface area contributed by atoms with Crippen LogP contribution in [-0.2, 0) is 0 Å². The van der Waals surface area contributed by atoms with Crippen molar-refractivity contribution in [3.05, 3.63) is 35.1 Å². The number of benzene rings is 1. The van der Waals surface area contributed by atoms with Gasteiger partial charge in [-0.05, 0) is 37.5 Å². The molecule has 1 N–H and O–H groups in total. The lowest BCUT2D eigenvalue weighted by Crippen LogP contribution is -2.58. The monoisotopic (exact) mass is 278 g/mol. The number of carbonyl (C=O) groups excluding carboxylic acids is 1. The molecule has 1 amide bonds. The maximum atomic E-state index is 13.4. The zero-order chi connectivity index (χ0) is 14.7. The highest BCUT2D eigenvalue weighted by Crippen LogP contribution is 2.19. The van der Waals surface area contributed by atoms with Gasteiger partial charge in [-0.25, -0.2) is 4.39 Å². The first-order valence-corrected chi connectivity index (χ1v) is 7.37. The van der Waals surface area contributed by atoms with Crippen LogP contribution in [0.5, 0.6) is 0 Å². The van der Waals surface area contributed by atoms with Crippen LogP contribution in [0.3, 0.4) is 0 Å². The fourth-order valence-electron chi connectivity index (χ4n) is 2.73. The minimum Gasteiger partial charge on any atom is -0.333 e. The number of aryl methyl sites for hydroxylation is 1. The average molecular weight is 278 g/mol. The topological polar surface area (TPSA) is 32.3 Å². The molecule has 2 atom stereocenters. The highest BCUT2D eigenvalue weighted by Gasteiger charge is 2.30. The summed E-state index contributed by atoms with van der Waals surface area (Å²) in [6.45, 7) is 7.56. The van der Waals surface area contributed by atoms with Gasteiger partial charge in [0, 0.05) is 30.7 Å². The zero-order valence-corrected chi connectivity index (χ0v) is 12.4. The number of rotatable bonds is 3. The maximum Gasteiger partial charge on any atom is 0.254 e. The van der Waals surface area contributed by atoms with Crippen LogP contribution < -0.4 is 5.32 Å². The van der Waals surface area contributed by atoms with Crippen LogP contribution in [0.1, 0.15) is 42.6 Å². The van der Waals surface area contributed by atoms with Crippen molar-refractivity contribution in [2.24, 2.45) is 0 Å². The highest BCUT2D eigenvalue weighted by molar-refractivity contribution is 5.96. The van der Waals surface area contributed by atoms with Crippen LogP contribution in [0, 0.1) is 12.7 Å². The highest BCUT2D eigenvalue weighted by atomic mass is 19.1. The normalized spacial score (nSPS) is 22.9. The summed E-state index contributed by atoms with van der Waals surface area (Å²) in [6.07, 6.45) is 1.89. The number of amides is 1. The molecular weight excluding hydrogens is 255 g/mol. The molecule has 1 heterocycles. The Morgan fingerprint density at radius 1 is 1.40 bits per heavy atom. The minimum atomic E-state index is -0.353. The van der Waals surface area contributed by atoms with Crippen molar-refractivity contribution in [3.63, 3.8) is 0 Å². The molecule has 0 aliphatic carbocycles. The molecule has 2 rings (SSSR count). The third-order valence-corrected chi connectivity index (χ3v) is 4.15. The predicted octanol–water partition coefficient (Wildman–Crippen LogP) is 2.74. The van der Waals surface area contributed by atoms with E-state index in [9.17, 15) is 9.18 Å². The molecule has 2 unspecified atom stereocenters. The van der Waals surface area contributed by atoms with Gasteiger partial charge in [-0.1, -0.05) is 19.9 Å². The Kier molecular flexibility index (Phi) is 4.76. The van der Waals surface area contributed by atoms with Gasteiger partial charge in [0.25, 0.3) is 5.91 Å². The lowest BCUT2D eigenvalue weighted by atomic mass is 10.0. The number of piperazine rings is 1. The lowest BCUT2D eigenvalue weighted by molar-refractivity contribution is 0.0574. The minimum absolute atomic E-state index is 0.0474. The van der Waals surface area contributed by atoms with Crippen molar-refractivity contribution in [1.82, 2.24) is 10.2 Å². The zero-order valence-electron chi connectivity index (χ0n) is 12.4. The van der Waals surface area contributed by atoms with E-state index in [1.807, 2.05) is 11.8 Å². The van der Waals surface area contributed by atoms with E-state index in [4.69, 9.17) is 0 Å². The Labute approximate surface area is 120 Å². The largest absolute Gasteiger partial charge is 0.333 e. The Bertz CT molecular complexity index is 489. The van der Waals surface area contributed by atoms with Crippen LogP contribution in [0.25, 0.3) is 0 Å². The maximum absolute atomic E-state index is 13.4. The molecule has 1 fully saturated rings. The first kappa shape index (κ1) is 15.0. The molecule has 1 aromatic carbocycles. The van der Waals surface area contributed by atoms with Gasteiger partial charge >= 0.3 is 0 Å². The van der Waals surface area contributed by atoms with E-state index in [1.165, 1.54) is 12.1 Å². The van der Waals surface area contributed by atoms with E-state index in [1.54, 1.807) is 6.07 Å². The van der Waals surface area contributed by atoms with Crippen molar-refractivity contribution >= 4 is 5.91 Å². The lowest BCUT2D eigenvalue weighted by Gasteiger charge is -2.40. The second-order valence-corrected chi connectivity index (χ2v) is 5.49. The number of halogens is 1. The summed E-state index contributed by atoms with van der Waals surface area (Å²) >= 11 is 0. The Morgan fingerprint density at radius 3 is 2.80 bits per heavy atom. The molecular formula is C16H23FN2O. The van der Waals surface area contributed by atoms with Crippen LogP contribution in [0.2, 0.25) is 0 Å².